The molecule has 0 aliphatic carbocycles. The summed E-state index contributed by atoms with van der Waals surface area (Å²) in [5.41, 5.74) is 0. The molecule has 0 spiro atoms. The van der Waals surface area contributed by atoms with E-state index in [0.29, 0.717) is 0 Å². The fourth-order valence-corrected chi connectivity index (χ4v) is 0.631. The molecule has 0 heterocycles. The lowest BCUT2D eigenvalue weighted by Gasteiger charge is -2.00. The minimum absolute atomic E-state index is 0.0741. The van der Waals surface area contributed by atoms with Gasteiger partial charge in [-0.1, -0.05) is 12.1 Å². The molecule has 0 aliphatic rings. The van der Waals surface area contributed by atoms with Crippen molar-refractivity contribution in [1.82, 2.24) is 0 Å². The molecular weight excluding hydrogens is 134 g/mol. The van der Waals surface area contributed by atoms with Crippen LogP contribution in [0.15, 0.2) is 24.3 Å². The van der Waals surface area contributed by atoms with Crippen LogP contribution in [-0.4, -0.2) is 12.7 Å². The van der Waals surface area contributed by atoms with E-state index in [1.165, 1.54) is 12.1 Å². The molecule has 0 aliphatic heterocycles. The molecule has 1 N–H and O–H groups in total. The average Bonchev–Trinajstić information content (AvgIpc) is 1.94. The minimum atomic E-state index is -0.499. The summed E-state index contributed by atoms with van der Waals surface area (Å²) in [4.78, 5) is 0. The van der Waals surface area contributed by atoms with Crippen molar-refractivity contribution in [1.29, 1.82) is 0 Å². The average molecular weight is 140 g/mol. The Labute approximate surface area is 58.6 Å². The third-order valence-corrected chi connectivity index (χ3v) is 1.06. The van der Waals surface area contributed by atoms with Crippen molar-refractivity contribution in [3.05, 3.63) is 30.1 Å². The first-order chi connectivity index (χ1) is 4.84. The number of hydrogen-bond donors (Lipinski definition) is 1. The Hall–Kier alpha value is -1.03. The van der Waals surface area contributed by atoms with Gasteiger partial charge in [-0.2, -0.15) is 0 Å². The molecule has 0 aromatic heterocycles. The summed E-state index contributed by atoms with van der Waals surface area (Å²) in [7, 11) is -0.499. The number of para-hydroxylation sites is 1. The van der Waals surface area contributed by atoms with Crippen molar-refractivity contribution in [3.63, 3.8) is 0 Å². The maximum Gasteiger partial charge on any atom is 0.504 e. The smallest absolute Gasteiger partial charge is 0.504 e. The van der Waals surface area contributed by atoms with E-state index in [4.69, 9.17) is 5.02 Å². The molecule has 2 nitrogen and oxygen atoms in total. The molecular formula is C6H6BFO2. The van der Waals surface area contributed by atoms with E-state index in [-0.39, 0.29) is 5.75 Å². The second kappa shape index (κ2) is 3.22. The summed E-state index contributed by atoms with van der Waals surface area (Å²) >= 11 is 0. The van der Waals surface area contributed by atoms with Crippen LogP contribution in [0.25, 0.3) is 0 Å². The normalized spacial score (nSPS) is 9.00. The van der Waals surface area contributed by atoms with Crippen LogP contribution in [0.1, 0.15) is 0 Å². The standard InChI is InChI=1S/C6H6BFO2/c8-5-3-1-2-4-6(5)10-7-9/h1-4,7,9H. The zero-order valence-electron chi connectivity index (χ0n) is 5.25. The highest BCUT2D eigenvalue weighted by Gasteiger charge is 1.98. The summed E-state index contributed by atoms with van der Waals surface area (Å²) in [5.74, 6) is -0.387. The Morgan fingerprint density at radius 2 is 2.10 bits per heavy atom. The van der Waals surface area contributed by atoms with Crippen molar-refractivity contribution in [2.24, 2.45) is 0 Å². The van der Waals surface area contributed by atoms with Gasteiger partial charge < -0.3 is 9.68 Å². The SMILES string of the molecule is OBOc1ccccc1F. The maximum absolute atomic E-state index is 12.5. The Bertz CT molecular complexity index is 217. The molecule has 0 bridgehead atoms. The molecule has 4 heteroatoms. The Morgan fingerprint density at radius 1 is 1.40 bits per heavy atom. The van der Waals surface area contributed by atoms with Gasteiger partial charge in [0.1, 0.15) is 5.75 Å². The van der Waals surface area contributed by atoms with E-state index < -0.39 is 13.5 Å². The molecule has 0 saturated heterocycles. The van der Waals surface area contributed by atoms with Gasteiger partial charge in [0.15, 0.2) is 5.82 Å². The lowest BCUT2D eigenvalue weighted by atomic mass is 10.3. The summed E-state index contributed by atoms with van der Waals surface area (Å²) in [6, 6.07) is 5.91. The Morgan fingerprint density at radius 3 is 2.70 bits per heavy atom. The van der Waals surface area contributed by atoms with Gasteiger partial charge in [-0.15, -0.1) is 0 Å². The predicted octanol–water partition coefficient (Wildman–Crippen LogP) is 0.463. The summed E-state index contributed by atoms with van der Waals surface area (Å²) < 4.78 is 17.1. The van der Waals surface area contributed by atoms with E-state index in [0.717, 1.165) is 0 Å². The van der Waals surface area contributed by atoms with Crippen LogP contribution in [-0.2, 0) is 0 Å². The van der Waals surface area contributed by atoms with Crippen LogP contribution in [0.4, 0.5) is 4.39 Å². The van der Waals surface area contributed by atoms with Crippen LogP contribution < -0.4 is 4.65 Å². The second-order valence-electron chi connectivity index (χ2n) is 1.70. The summed E-state index contributed by atoms with van der Waals surface area (Å²) in [5, 5.41) is 8.26. The van der Waals surface area contributed by atoms with Gasteiger partial charge in [-0.3, -0.25) is 0 Å². The molecule has 0 unspecified atom stereocenters. The van der Waals surface area contributed by atoms with Crippen LogP contribution >= 0.6 is 0 Å². The van der Waals surface area contributed by atoms with E-state index >= 15 is 0 Å². The van der Waals surface area contributed by atoms with Crippen molar-refractivity contribution >= 4 is 7.69 Å². The highest BCUT2D eigenvalue weighted by Crippen LogP contribution is 2.13. The molecule has 0 saturated carbocycles. The Kier molecular flexibility index (Phi) is 2.28. The summed E-state index contributed by atoms with van der Waals surface area (Å²) in [6.45, 7) is 0. The van der Waals surface area contributed by atoms with Crippen LogP contribution in [0.5, 0.6) is 5.75 Å². The largest absolute Gasteiger partial charge is 0.537 e. The van der Waals surface area contributed by atoms with Gasteiger partial charge in [0.05, 0.1) is 0 Å². The highest BCUT2D eigenvalue weighted by molar-refractivity contribution is 6.17. The van der Waals surface area contributed by atoms with E-state index in [1.807, 2.05) is 0 Å². The number of rotatable bonds is 2. The minimum Gasteiger partial charge on any atom is -0.537 e. The van der Waals surface area contributed by atoms with Crippen molar-refractivity contribution < 1.29 is 14.1 Å². The number of halogens is 1. The molecule has 10 heavy (non-hydrogen) atoms. The van der Waals surface area contributed by atoms with Gasteiger partial charge >= 0.3 is 7.69 Å². The number of hydrogen-bond acceptors (Lipinski definition) is 2. The van der Waals surface area contributed by atoms with Gasteiger partial charge in [-0.05, 0) is 12.1 Å². The van der Waals surface area contributed by atoms with Crippen molar-refractivity contribution in [2.45, 2.75) is 0 Å². The first kappa shape index (κ1) is 7.09. The van der Waals surface area contributed by atoms with E-state index in [9.17, 15) is 4.39 Å². The van der Waals surface area contributed by atoms with Crippen molar-refractivity contribution in [2.75, 3.05) is 0 Å². The van der Waals surface area contributed by atoms with Gasteiger partial charge in [0.2, 0.25) is 0 Å². The monoisotopic (exact) mass is 140 g/mol. The molecule has 1 aromatic rings. The quantitative estimate of drug-likeness (QED) is 0.604. The third-order valence-electron chi connectivity index (χ3n) is 1.06. The van der Waals surface area contributed by atoms with Gasteiger partial charge in [0.25, 0.3) is 0 Å². The lowest BCUT2D eigenvalue weighted by molar-refractivity contribution is 0.431. The van der Waals surface area contributed by atoms with Crippen LogP contribution in [0, 0.1) is 5.82 Å². The maximum atomic E-state index is 12.5. The molecule has 52 valence electrons. The fraction of sp³-hybridized carbons (Fsp3) is 0. The van der Waals surface area contributed by atoms with Gasteiger partial charge in [-0.25, -0.2) is 4.39 Å². The molecule has 0 atom stereocenters. The molecule has 1 aromatic carbocycles. The Balaban J connectivity index is 2.81. The third kappa shape index (κ3) is 1.48. The molecule has 0 amide bonds. The first-order valence-corrected chi connectivity index (χ1v) is 2.83. The van der Waals surface area contributed by atoms with E-state index in [1.54, 1.807) is 12.1 Å². The zero-order valence-corrected chi connectivity index (χ0v) is 5.25. The van der Waals surface area contributed by atoms with Gasteiger partial charge in [0, 0.05) is 0 Å². The fourth-order valence-electron chi connectivity index (χ4n) is 0.631. The molecule has 0 radical (unpaired) electrons. The first-order valence-electron chi connectivity index (χ1n) is 2.83. The van der Waals surface area contributed by atoms with E-state index in [2.05, 4.69) is 4.65 Å². The highest BCUT2D eigenvalue weighted by atomic mass is 19.1. The van der Waals surface area contributed by atoms with Crippen LogP contribution in [0.2, 0.25) is 0 Å². The zero-order chi connectivity index (χ0) is 7.40. The number of benzene rings is 1. The summed E-state index contributed by atoms with van der Waals surface area (Å²) in [6.07, 6.45) is 0. The lowest BCUT2D eigenvalue weighted by Crippen LogP contribution is -2.00. The predicted molar refractivity (Wildman–Crippen MR) is 36.4 cm³/mol. The molecule has 0 fully saturated rings. The van der Waals surface area contributed by atoms with Crippen LogP contribution in [0.3, 0.4) is 0 Å². The topological polar surface area (TPSA) is 29.5 Å². The molecule has 1 rings (SSSR count). The van der Waals surface area contributed by atoms with Crippen molar-refractivity contribution in [3.8, 4) is 5.75 Å². The second-order valence-corrected chi connectivity index (χ2v) is 1.70.